The van der Waals surface area contributed by atoms with Gasteiger partial charge in [0, 0.05) is 30.3 Å². The highest BCUT2D eigenvalue weighted by atomic mass is 32.2. The van der Waals surface area contributed by atoms with Crippen molar-refractivity contribution < 1.29 is 9.59 Å². The summed E-state index contributed by atoms with van der Waals surface area (Å²) in [5.74, 6) is 0.844. The van der Waals surface area contributed by atoms with Gasteiger partial charge in [0.05, 0.1) is 13.1 Å². The predicted octanol–water partition coefficient (Wildman–Crippen LogP) is 1.70. The maximum absolute atomic E-state index is 12.0. The quantitative estimate of drug-likeness (QED) is 0.521. The van der Waals surface area contributed by atoms with Gasteiger partial charge in [-0.05, 0) is 33.0 Å². The Labute approximate surface area is 143 Å². The third kappa shape index (κ3) is 8.04. The number of amides is 2. The summed E-state index contributed by atoms with van der Waals surface area (Å²) in [6.45, 7) is 6.45. The first-order chi connectivity index (χ1) is 11.1. The first kappa shape index (κ1) is 19.5. The topological polar surface area (TPSA) is 52.7 Å². The van der Waals surface area contributed by atoms with E-state index < -0.39 is 0 Å². The molecule has 1 N–H and O–H groups in total. The van der Waals surface area contributed by atoms with Gasteiger partial charge in [-0.25, -0.2) is 0 Å². The second kappa shape index (κ2) is 11.1. The molecule has 23 heavy (non-hydrogen) atoms. The Bertz CT molecular complexity index is 478. The van der Waals surface area contributed by atoms with Gasteiger partial charge in [0.1, 0.15) is 0 Å². The number of nitrogens with one attached hydrogen (secondary N) is 1. The first-order valence-electron chi connectivity index (χ1n) is 7.97. The van der Waals surface area contributed by atoms with Gasteiger partial charge in [-0.15, -0.1) is 11.8 Å². The zero-order valence-electron chi connectivity index (χ0n) is 14.2. The molecule has 0 aromatic heterocycles. The molecule has 1 aromatic rings. The molecule has 0 radical (unpaired) electrons. The first-order valence-corrected chi connectivity index (χ1v) is 8.96. The summed E-state index contributed by atoms with van der Waals surface area (Å²) < 4.78 is 0. The van der Waals surface area contributed by atoms with Crippen LogP contribution in [0.15, 0.2) is 35.2 Å². The number of benzene rings is 1. The molecule has 0 aliphatic rings. The van der Waals surface area contributed by atoms with Crippen LogP contribution in [0.5, 0.6) is 0 Å². The van der Waals surface area contributed by atoms with Crippen molar-refractivity contribution >= 4 is 23.6 Å². The minimum atomic E-state index is -0.0477. The lowest BCUT2D eigenvalue weighted by atomic mass is 10.4. The number of hydrogen-bond donors (Lipinski definition) is 1. The van der Waals surface area contributed by atoms with E-state index in [1.54, 1.807) is 28.6 Å². The molecule has 0 heterocycles. The van der Waals surface area contributed by atoms with Gasteiger partial charge in [0.25, 0.3) is 0 Å². The van der Waals surface area contributed by atoms with Crippen LogP contribution in [0.1, 0.15) is 13.8 Å². The van der Waals surface area contributed by atoms with Crippen molar-refractivity contribution in [3.8, 4) is 0 Å². The van der Waals surface area contributed by atoms with E-state index in [0.717, 1.165) is 5.75 Å². The van der Waals surface area contributed by atoms with E-state index in [0.29, 0.717) is 19.6 Å². The molecule has 0 aliphatic carbocycles. The normalized spacial score (nSPS) is 10.6. The Balaban J connectivity index is 2.19. The molecule has 0 saturated heterocycles. The SMILES string of the molecule is CCN(CC)C(=O)CN(C)CC(=O)NCCSc1ccccc1. The molecule has 128 valence electrons. The Hall–Kier alpha value is -1.53. The fourth-order valence-electron chi connectivity index (χ4n) is 2.14. The molecule has 5 nitrogen and oxygen atoms in total. The fourth-order valence-corrected chi connectivity index (χ4v) is 2.93. The molecule has 0 saturated carbocycles. The van der Waals surface area contributed by atoms with E-state index in [-0.39, 0.29) is 24.9 Å². The van der Waals surface area contributed by atoms with Gasteiger partial charge in [0.2, 0.25) is 11.8 Å². The average molecular weight is 337 g/mol. The summed E-state index contributed by atoms with van der Waals surface area (Å²) in [5, 5.41) is 2.89. The highest BCUT2D eigenvalue weighted by Crippen LogP contribution is 2.15. The smallest absolute Gasteiger partial charge is 0.236 e. The number of carbonyl (C=O) groups excluding carboxylic acids is 2. The van der Waals surface area contributed by atoms with Gasteiger partial charge in [-0.3, -0.25) is 14.5 Å². The van der Waals surface area contributed by atoms with Gasteiger partial charge >= 0.3 is 0 Å². The van der Waals surface area contributed by atoms with Crippen molar-refractivity contribution in [2.24, 2.45) is 0 Å². The lowest BCUT2D eigenvalue weighted by Gasteiger charge is -2.22. The lowest BCUT2D eigenvalue weighted by Crippen LogP contribution is -2.42. The molecule has 0 unspecified atom stereocenters. The third-order valence-corrected chi connectivity index (χ3v) is 4.38. The van der Waals surface area contributed by atoms with Crippen molar-refractivity contribution in [2.75, 3.05) is 45.5 Å². The molecule has 1 rings (SSSR count). The van der Waals surface area contributed by atoms with E-state index >= 15 is 0 Å². The van der Waals surface area contributed by atoms with E-state index in [1.807, 2.05) is 32.0 Å². The number of nitrogens with zero attached hydrogens (tertiary/aromatic N) is 2. The van der Waals surface area contributed by atoms with E-state index in [4.69, 9.17) is 0 Å². The van der Waals surface area contributed by atoms with Gasteiger partial charge in [0.15, 0.2) is 0 Å². The zero-order valence-corrected chi connectivity index (χ0v) is 15.1. The molecular weight excluding hydrogens is 310 g/mol. The monoisotopic (exact) mass is 337 g/mol. The molecule has 6 heteroatoms. The highest BCUT2D eigenvalue weighted by molar-refractivity contribution is 7.99. The van der Waals surface area contributed by atoms with E-state index in [2.05, 4.69) is 17.4 Å². The Morgan fingerprint density at radius 1 is 1.09 bits per heavy atom. The van der Waals surface area contributed by atoms with Crippen LogP contribution in [-0.4, -0.2) is 67.1 Å². The standard InChI is InChI=1S/C17H27N3O2S/c1-4-20(5-2)17(22)14-19(3)13-16(21)18-11-12-23-15-9-7-6-8-10-15/h6-10H,4-5,11-14H2,1-3H3,(H,18,21). The minimum absolute atomic E-state index is 0.0477. The highest BCUT2D eigenvalue weighted by Gasteiger charge is 2.14. The zero-order chi connectivity index (χ0) is 17.1. The van der Waals surface area contributed by atoms with Crippen LogP contribution < -0.4 is 5.32 Å². The second-order valence-corrected chi connectivity index (χ2v) is 6.42. The largest absolute Gasteiger partial charge is 0.354 e. The summed E-state index contributed by atoms with van der Waals surface area (Å²) in [4.78, 5) is 28.5. The van der Waals surface area contributed by atoms with Crippen molar-refractivity contribution in [1.29, 1.82) is 0 Å². The van der Waals surface area contributed by atoms with E-state index in [9.17, 15) is 9.59 Å². The number of likely N-dealkylation sites (N-methyl/N-ethyl adjacent to an activating group) is 2. The van der Waals surface area contributed by atoms with E-state index in [1.165, 1.54) is 4.90 Å². The van der Waals surface area contributed by atoms with Crippen LogP contribution in [0, 0.1) is 0 Å². The van der Waals surface area contributed by atoms with Crippen LogP contribution in [0.2, 0.25) is 0 Å². The molecule has 0 aliphatic heterocycles. The second-order valence-electron chi connectivity index (χ2n) is 5.25. The fraction of sp³-hybridized carbons (Fsp3) is 0.529. The minimum Gasteiger partial charge on any atom is -0.354 e. The number of thioether (sulfide) groups is 1. The predicted molar refractivity (Wildman–Crippen MR) is 95.6 cm³/mol. The van der Waals surface area contributed by atoms with Gasteiger partial charge < -0.3 is 10.2 Å². The summed E-state index contributed by atoms with van der Waals surface area (Å²) in [7, 11) is 1.79. The van der Waals surface area contributed by atoms with Crippen LogP contribution in [0.25, 0.3) is 0 Å². The van der Waals surface area contributed by atoms with Gasteiger partial charge in [-0.1, -0.05) is 18.2 Å². The average Bonchev–Trinajstić information content (AvgIpc) is 2.53. The molecule has 0 atom stereocenters. The number of hydrogen-bond acceptors (Lipinski definition) is 4. The van der Waals surface area contributed by atoms with Crippen molar-refractivity contribution in [1.82, 2.24) is 15.1 Å². The van der Waals surface area contributed by atoms with Crippen molar-refractivity contribution in [2.45, 2.75) is 18.7 Å². The lowest BCUT2D eigenvalue weighted by molar-refractivity contribution is -0.132. The van der Waals surface area contributed by atoms with Crippen molar-refractivity contribution in [3.63, 3.8) is 0 Å². The maximum atomic E-state index is 12.0. The molecule has 2 amide bonds. The molecular formula is C17H27N3O2S. The third-order valence-electron chi connectivity index (χ3n) is 3.37. The molecule has 0 fully saturated rings. The van der Waals surface area contributed by atoms with Gasteiger partial charge in [-0.2, -0.15) is 0 Å². The number of rotatable bonds is 10. The van der Waals surface area contributed by atoms with Crippen LogP contribution in [0.4, 0.5) is 0 Å². The van der Waals surface area contributed by atoms with Crippen molar-refractivity contribution in [3.05, 3.63) is 30.3 Å². The van der Waals surface area contributed by atoms with Crippen LogP contribution in [-0.2, 0) is 9.59 Å². The summed E-state index contributed by atoms with van der Waals surface area (Å²) in [5.41, 5.74) is 0. The van der Waals surface area contributed by atoms with Crippen LogP contribution >= 0.6 is 11.8 Å². The number of carbonyl (C=O) groups is 2. The summed E-state index contributed by atoms with van der Waals surface area (Å²) >= 11 is 1.71. The Morgan fingerprint density at radius 2 is 1.74 bits per heavy atom. The molecule has 0 bridgehead atoms. The Kier molecular flexibility index (Phi) is 9.40. The summed E-state index contributed by atoms with van der Waals surface area (Å²) in [6.07, 6.45) is 0. The molecule has 0 spiro atoms. The maximum Gasteiger partial charge on any atom is 0.236 e. The van der Waals surface area contributed by atoms with Crippen LogP contribution in [0.3, 0.4) is 0 Å². The molecule has 1 aromatic carbocycles. The summed E-state index contributed by atoms with van der Waals surface area (Å²) in [6, 6.07) is 10.1. The Morgan fingerprint density at radius 3 is 2.35 bits per heavy atom.